The SMILES string of the molecule is Cc1ccc(S(=O)(=O)NCCCOC2CCCCC2)c2cccnc12. The lowest BCUT2D eigenvalue weighted by atomic mass is 9.98. The smallest absolute Gasteiger partial charge is 0.241 e. The van der Waals surface area contributed by atoms with E-state index in [0.29, 0.717) is 31.1 Å². The first-order chi connectivity index (χ1) is 12.1. The number of rotatable bonds is 7. The Bertz CT molecular complexity index is 815. The van der Waals surface area contributed by atoms with Gasteiger partial charge in [0.1, 0.15) is 0 Å². The van der Waals surface area contributed by atoms with E-state index in [1.165, 1.54) is 19.3 Å². The van der Waals surface area contributed by atoms with Gasteiger partial charge in [-0.1, -0.05) is 25.3 Å². The van der Waals surface area contributed by atoms with Crippen LogP contribution in [-0.4, -0.2) is 32.7 Å². The first-order valence-electron chi connectivity index (χ1n) is 9.03. The van der Waals surface area contributed by atoms with Crippen molar-refractivity contribution in [2.24, 2.45) is 0 Å². The van der Waals surface area contributed by atoms with Crippen LogP contribution in [0.2, 0.25) is 0 Å². The molecule has 136 valence electrons. The van der Waals surface area contributed by atoms with E-state index in [1.54, 1.807) is 30.5 Å². The summed E-state index contributed by atoms with van der Waals surface area (Å²) in [6.45, 7) is 2.91. The molecule has 5 nitrogen and oxygen atoms in total. The number of fused-ring (bicyclic) bond motifs is 1. The van der Waals surface area contributed by atoms with Crippen molar-refractivity contribution in [2.75, 3.05) is 13.2 Å². The van der Waals surface area contributed by atoms with Gasteiger partial charge in [0.15, 0.2) is 0 Å². The van der Waals surface area contributed by atoms with Gasteiger partial charge < -0.3 is 4.74 Å². The molecule has 0 saturated heterocycles. The summed E-state index contributed by atoms with van der Waals surface area (Å²) in [4.78, 5) is 4.59. The number of ether oxygens (including phenoxy) is 1. The van der Waals surface area contributed by atoms with Crippen LogP contribution in [-0.2, 0) is 14.8 Å². The fourth-order valence-electron chi connectivity index (χ4n) is 3.36. The predicted molar refractivity (Wildman–Crippen MR) is 99.1 cm³/mol. The molecule has 25 heavy (non-hydrogen) atoms. The molecule has 1 saturated carbocycles. The Hall–Kier alpha value is -1.50. The van der Waals surface area contributed by atoms with Gasteiger partial charge in [0.25, 0.3) is 0 Å². The predicted octanol–water partition coefficient (Wildman–Crippen LogP) is 3.56. The van der Waals surface area contributed by atoms with E-state index in [1.807, 2.05) is 6.92 Å². The fraction of sp³-hybridized carbons (Fsp3) is 0.526. The lowest BCUT2D eigenvalue weighted by molar-refractivity contribution is 0.0278. The zero-order valence-electron chi connectivity index (χ0n) is 14.7. The van der Waals surface area contributed by atoms with Gasteiger partial charge in [0, 0.05) is 24.7 Å². The average molecular weight is 362 g/mol. The molecule has 1 aliphatic rings. The lowest BCUT2D eigenvalue weighted by Crippen LogP contribution is -2.26. The Labute approximate surface area is 149 Å². The number of aryl methyl sites for hydroxylation is 1. The number of hydrogen-bond acceptors (Lipinski definition) is 4. The van der Waals surface area contributed by atoms with Crippen molar-refractivity contribution in [2.45, 2.75) is 56.4 Å². The summed E-state index contributed by atoms with van der Waals surface area (Å²) >= 11 is 0. The number of benzene rings is 1. The minimum atomic E-state index is -3.55. The molecule has 1 heterocycles. The summed E-state index contributed by atoms with van der Waals surface area (Å²) in [5.74, 6) is 0. The largest absolute Gasteiger partial charge is 0.378 e. The van der Waals surface area contributed by atoms with Crippen LogP contribution in [0.5, 0.6) is 0 Å². The maximum atomic E-state index is 12.6. The first-order valence-corrected chi connectivity index (χ1v) is 10.5. The molecule has 1 aromatic heterocycles. The molecule has 0 amide bonds. The van der Waals surface area contributed by atoms with Gasteiger partial charge in [-0.2, -0.15) is 0 Å². The maximum absolute atomic E-state index is 12.6. The summed E-state index contributed by atoms with van der Waals surface area (Å²) in [7, 11) is -3.55. The minimum Gasteiger partial charge on any atom is -0.378 e. The molecular formula is C19H26N2O3S. The molecular weight excluding hydrogens is 336 g/mol. The maximum Gasteiger partial charge on any atom is 0.241 e. The van der Waals surface area contributed by atoms with Crippen LogP contribution in [0.3, 0.4) is 0 Å². The van der Waals surface area contributed by atoms with Gasteiger partial charge in [-0.05, 0) is 49.9 Å². The lowest BCUT2D eigenvalue weighted by Gasteiger charge is -2.21. The van der Waals surface area contributed by atoms with Crippen molar-refractivity contribution in [1.82, 2.24) is 9.71 Å². The highest BCUT2D eigenvalue weighted by Crippen LogP contribution is 2.24. The van der Waals surface area contributed by atoms with Crippen molar-refractivity contribution >= 4 is 20.9 Å². The van der Waals surface area contributed by atoms with Gasteiger partial charge in [0.05, 0.1) is 16.5 Å². The Morgan fingerprint density at radius 1 is 1.20 bits per heavy atom. The second-order valence-electron chi connectivity index (χ2n) is 6.66. The van der Waals surface area contributed by atoms with Crippen LogP contribution in [0.15, 0.2) is 35.4 Å². The number of hydrogen-bond donors (Lipinski definition) is 1. The van der Waals surface area contributed by atoms with E-state index in [0.717, 1.165) is 23.9 Å². The number of pyridine rings is 1. The molecule has 3 rings (SSSR count). The molecule has 0 unspecified atom stereocenters. The van der Waals surface area contributed by atoms with Crippen molar-refractivity contribution in [3.8, 4) is 0 Å². The monoisotopic (exact) mass is 362 g/mol. The van der Waals surface area contributed by atoms with E-state index < -0.39 is 10.0 Å². The highest BCUT2D eigenvalue weighted by atomic mass is 32.2. The molecule has 1 aliphatic carbocycles. The van der Waals surface area contributed by atoms with Gasteiger partial charge in [-0.3, -0.25) is 4.98 Å². The van der Waals surface area contributed by atoms with Gasteiger partial charge >= 0.3 is 0 Å². The van der Waals surface area contributed by atoms with E-state index in [9.17, 15) is 8.42 Å². The molecule has 0 spiro atoms. The van der Waals surface area contributed by atoms with Gasteiger partial charge in [-0.25, -0.2) is 13.1 Å². The molecule has 1 fully saturated rings. The molecule has 1 aromatic carbocycles. The number of aromatic nitrogens is 1. The molecule has 0 aliphatic heterocycles. The summed E-state index contributed by atoms with van der Waals surface area (Å²) in [6, 6.07) is 7.02. The Morgan fingerprint density at radius 2 is 2.00 bits per heavy atom. The number of nitrogens with zero attached hydrogens (tertiary/aromatic N) is 1. The second-order valence-corrected chi connectivity index (χ2v) is 8.40. The number of nitrogens with one attached hydrogen (secondary N) is 1. The zero-order chi connectivity index (χ0) is 17.7. The van der Waals surface area contributed by atoms with Crippen molar-refractivity contribution in [3.05, 3.63) is 36.0 Å². The third-order valence-electron chi connectivity index (χ3n) is 4.74. The highest BCUT2D eigenvalue weighted by molar-refractivity contribution is 7.89. The Balaban J connectivity index is 1.58. The van der Waals surface area contributed by atoms with E-state index >= 15 is 0 Å². The van der Waals surface area contributed by atoms with Crippen LogP contribution in [0.25, 0.3) is 10.9 Å². The molecule has 0 radical (unpaired) electrons. The van der Waals surface area contributed by atoms with E-state index in [2.05, 4.69) is 9.71 Å². The highest BCUT2D eigenvalue weighted by Gasteiger charge is 2.18. The van der Waals surface area contributed by atoms with Gasteiger partial charge in [-0.15, -0.1) is 0 Å². The molecule has 0 atom stereocenters. The van der Waals surface area contributed by atoms with Crippen LogP contribution >= 0.6 is 0 Å². The van der Waals surface area contributed by atoms with Gasteiger partial charge in [0.2, 0.25) is 10.0 Å². The van der Waals surface area contributed by atoms with Crippen LogP contribution in [0.1, 0.15) is 44.1 Å². The quantitative estimate of drug-likeness (QED) is 0.765. The minimum absolute atomic E-state index is 0.286. The molecule has 0 bridgehead atoms. The second kappa shape index (κ2) is 8.25. The third kappa shape index (κ3) is 4.57. The standard InChI is InChI=1S/C19H26N2O3S/c1-15-10-11-18(17-9-5-12-20-19(15)17)25(22,23)21-13-6-14-24-16-7-3-2-4-8-16/h5,9-12,16,21H,2-4,6-8,13-14H2,1H3. The number of sulfonamides is 1. The topological polar surface area (TPSA) is 68.3 Å². The zero-order valence-corrected chi connectivity index (χ0v) is 15.5. The van der Waals surface area contributed by atoms with Crippen molar-refractivity contribution in [3.63, 3.8) is 0 Å². The summed E-state index contributed by atoms with van der Waals surface area (Å²) < 4.78 is 33.8. The third-order valence-corrected chi connectivity index (χ3v) is 6.26. The summed E-state index contributed by atoms with van der Waals surface area (Å²) in [5, 5.41) is 0.661. The van der Waals surface area contributed by atoms with Crippen LogP contribution in [0.4, 0.5) is 0 Å². The summed E-state index contributed by atoms with van der Waals surface area (Å²) in [6.07, 6.45) is 8.77. The normalized spacial score (nSPS) is 16.4. The summed E-state index contributed by atoms with van der Waals surface area (Å²) in [5.41, 5.74) is 1.70. The fourth-order valence-corrected chi connectivity index (χ4v) is 4.63. The van der Waals surface area contributed by atoms with Crippen molar-refractivity contribution < 1.29 is 13.2 Å². The van der Waals surface area contributed by atoms with Crippen molar-refractivity contribution in [1.29, 1.82) is 0 Å². The first kappa shape index (κ1) is 18.3. The Kier molecular flexibility index (Phi) is 6.04. The van der Waals surface area contributed by atoms with Crippen LogP contribution < -0.4 is 4.72 Å². The molecule has 1 N–H and O–H groups in total. The van der Waals surface area contributed by atoms with E-state index in [4.69, 9.17) is 4.74 Å². The average Bonchev–Trinajstić information content (AvgIpc) is 2.62. The molecule has 6 heteroatoms. The van der Waals surface area contributed by atoms with E-state index in [-0.39, 0.29) is 4.90 Å². The molecule has 2 aromatic rings. The van der Waals surface area contributed by atoms with Crippen LogP contribution in [0, 0.1) is 6.92 Å². The Morgan fingerprint density at radius 3 is 2.80 bits per heavy atom.